The SMILES string of the molecule is CC[Si](CC)(CC)OC1C(=O)N(O[Si](CC)(CC)C(C)(C(=O)OC(C)(C)C)C2CNC2=O)C1(C=C(C)C)C=C(C)C. The van der Waals surface area contributed by atoms with Gasteiger partial charge in [0.25, 0.3) is 5.91 Å². The van der Waals surface area contributed by atoms with Crippen molar-refractivity contribution < 1.29 is 28.1 Å². The van der Waals surface area contributed by atoms with Crippen molar-refractivity contribution in [3.63, 3.8) is 0 Å². The normalized spacial score (nSPS) is 22.1. The first-order valence-corrected chi connectivity index (χ1v) is 20.3. The van der Waals surface area contributed by atoms with Crippen molar-refractivity contribution in [2.24, 2.45) is 5.92 Å². The maximum atomic E-state index is 14.2. The number of hydrogen-bond donors (Lipinski definition) is 1. The summed E-state index contributed by atoms with van der Waals surface area (Å²) in [5.74, 6) is -1.43. The summed E-state index contributed by atoms with van der Waals surface area (Å²) in [4.78, 5) is 41.2. The lowest BCUT2D eigenvalue weighted by Crippen LogP contribution is -2.78. The molecule has 0 spiro atoms. The van der Waals surface area contributed by atoms with Crippen LogP contribution in [0.1, 0.15) is 90.0 Å². The first kappa shape index (κ1) is 35.4. The van der Waals surface area contributed by atoms with Gasteiger partial charge in [-0.15, -0.1) is 0 Å². The first-order chi connectivity index (χ1) is 18.9. The standard InChI is InChI=1S/C31H56N2O6Si2/c1-14-40(15-2,16-3)38-25-27(35)33(31(25,19-22(6)7)20-23(8)9)39-41(17-4,18-5)30(13,24-21-32-26(24)34)28(36)37-29(10,11)12/h19-20,24-25H,14-18,21H2,1-13H3,(H,32,34). The van der Waals surface area contributed by atoms with Gasteiger partial charge in [-0.3, -0.25) is 14.4 Å². The molecule has 3 atom stereocenters. The molecule has 2 rings (SSSR count). The summed E-state index contributed by atoms with van der Waals surface area (Å²) in [6, 6.07) is 3.80. The van der Waals surface area contributed by atoms with Crippen LogP contribution in [-0.4, -0.2) is 63.3 Å². The van der Waals surface area contributed by atoms with Crippen molar-refractivity contribution in [3.05, 3.63) is 23.3 Å². The summed E-state index contributed by atoms with van der Waals surface area (Å²) in [5.41, 5.74) is 0.366. The van der Waals surface area contributed by atoms with E-state index in [-0.39, 0.29) is 11.8 Å². The van der Waals surface area contributed by atoms with Gasteiger partial charge in [-0.05, 0) is 85.6 Å². The highest BCUT2D eigenvalue weighted by molar-refractivity contribution is 6.80. The molecule has 0 radical (unpaired) electrons. The van der Waals surface area contributed by atoms with E-state index in [4.69, 9.17) is 13.7 Å². The maximum Gasteiger partial charge on any atom is 0.312 e. The Balaban J connectivity index is 2.77. The van der Waals surface area contributed by atoms with Crippen LogP contribution in [0.5, 0.6) is 0 Å². The van der Waals surface area contributed by atoms with Gasteiger partial charge in [0.15, 0.2) is 14.4 Å². The summed E-state index contributed by atoms with van der Waals surface area (Å²) < 4.78 is 19.9. The number of allylic oxidation sites excluding steroid dienone is 2. The first-order valence-electron chi connectivity index (χ1n) is 15.4. The van der Waals surface area contributed by atoms with Crippen LogP contribution >= 0.6 is 0 Å². The molecule has 3 unspecified atom stereocenters. The second-order valence-electron chi connectivity index (χ2n) is 13.5. The van der Waals surface area contributed by atoms with Gasteiger partial charge in [-0.2, -0.15) is 0 Å². The van der Waals surface area contributed by atoms with Gasteiger partial charge < -0.3 is 19.0 Å². The summed E-state index contributed by atoms with van der Waals surface area (Å²) in [7, 11) is -5.42. The summed E-state index contributed by atoms with van der Waals surface area (Å²) in [6.07, 6.45) is 3.42. The molecule has 2 aliphatic heterocycles. The molecule has 1 N–H and O–H groups in total. The molecule has 0 saturated carbocycles. The molecular formula is C31H56N2O6Si2. The molecule has 8 nitrogen and oxygen atoms in total. The predicted molar refractivity (Wildman–Crippen MR) is 169 cm³/mol. The number of hydrogen-bond acceptors (Lipinski definition) is 6. The third-order valence-electron chi connectivity index (χ3n) is 9.21. The number of β-lactam (4-membered cyclic amide) rings is 2. The minimum atomic E-state index is -3.25. The Morgan fingerprint density at radius 1 is 0.927 bits per heavy atom. The van der Waals surface area contributed by atoms with Crippen LogP contribution in [-0.2, 0) is 28.1 Å². The average molecular weight is 609 g/mol. The molecule has 2 fully saturated rings. The molecule has 234 valence electrons. The lowest BCUT2D eigenvalue weighted by atomic mass is 9.80. The van der Waals surface area contributed by atoms with Crippen molar-refractivity contribution in [2.45, 2.75) is 143 Å². The van der Waals surface area contributed by atoms with Gasteiger partial charge in [0.2, 0.25) is 14.2 Å². The minimum Gasteiger partial charge on any atom is -0.460 e. The second-order valence-corrected chi connectivity index (χ2v) is 22.8. The Hall–Kier alpha value is -1.76. The summed E-state index contributed by atoms with van der Waals surface area (Å²) in [5, 5.41) is 3.10. The zero-order chi connectivity index (χ0) is 31.6. The fourth-order valence-electron chi connectivity index (χ4n) is 6.46. The third kappa shape index (κ3) is 6.45. The predicted octanol–water partition coefficient (Wildman–Crippen LogP) is 6.66. The Morgan fingerprint density at radius 3 is 1.73 bits per heavy atom. The Bertz CT molecular complexity index is 1020. The van der Waals surface area contributed by atoms with E-state index < -0.39 is 50.8 Å². The Morgan fingerprint density at radius 2 is 1.41 bits per heavy atom. The lowest BCUT2D eigenvalue weighted by molar-refractivity contribution is -0.231. The van der Waals surface area contributed by atoms with Gasteiger partial charge in [0, 0.05) is 6.54 Å². The number of hydroxylamine groups is 2. The highest BCUT2D eigenvalue weighted by Gasteiger charge is 2.69. The molecule has 2 aliphatic rings. The molecular weight excluding hydrogens is 553 g/mol. The molecule has 0 aromatic carbocycles. The van der Waals surface area contributed by atoms with E-state index in [1.165, 1.54) is 5.06 Å². The quantitative estimate of drug-likeness (QED) is 0.103. The van der Waals surface area contributed by atoms with Crippen LogP contribution in [0.2, 0.25) is 35.3 Å². The molecule has 0 aromatic heterocycles. The van der Waals surface area contributed by atoms with Gasteiger partial charge >= 0.3 is 5.97 Å². The van der Waals surface area contributed by atoms with E-state index >= 15 is 0 Å². The van der Waals surface area contributed by atoms with Crippen LogP contribution in [0, 0.1) is 5.92 Å². The van der Waals surface area contributed by atoms with Gasteiger partial charge in [0.05, 0.1) is 11.0 Å². The third-order valence-corrected chi connectivity index (χ3v) is 19.1. The van der Waals surface area contributed by atoms with E-state index in [2.05, 4.69) is 38.2 Å². The zero-order valence-corrected chi connectivity index (χ0v) is 29.9. The molecule has 2 heterocycles. The van der Waals surface area contributed by atoms with Crippen LogP contribution in [0.3, 0.4) is 0 Å². The van der Waals surface area contributed by atoms with Crippen LogP contribution < -0.4 is 5.32 Å². The van der Waals surface area contributed by atoms with E-state index in [1.807, 2.05) is 69.2 Å². The van der Waals surface area contributed by atoms with Crippen molar-refractivity contribution in [3.8, 4) is 0 Å². The maximum absolute atomic E-state index is 14.2. The van der Waals surface area contributed by atoms with Crippen LogP contribution in [0.4, 0.5) is 0 Å². The van der Waals surface area contributed by atoms with E-state index in [0.717, 1.165) is 29.3 Å². The van der Waals surface area contributed by atoms with E-state index in [9.17, 15) is 14.4 Å². The monoisotopic (exact) mass is 608 g/mol. The lowest BCUT2D eigenvalue weighted by Gasteiger charge is -2.60. The number of esters is 1. The highest BCUT2D eigenvalue weighted by Crippen LogP contribution is 2.55. The number of carbonyl (C=O) groups is 3. The number of nitrogens with zero attached hydrogens (tertiary/aromatic N) is 1. The number of carbonyl (C=O) groups excluding carboxylic acids is 3. The van der Waals surface area contributed by atoms with Crippen molar-refractivity contribution in [1.82, 2.24) is 10.4 Å². The number of ether oxygens (including phenoxy) is 1. The average Bonchev–Trinajstić information content (AvgIpc) is 2.87. The van der Waals surface area contributed by atoms with Crippen LogP contribution in [0.25, 0.3) is 0 Å². The molecule has 41 heavy (non-hydrogen) atoms. The fraction of sp³-hybridized carbons (Fsp3) is 0.774. The highest BCUT2D eigenvalue weighted by atomic mass is 28.4. The van der Waals surface area contributed by atoms with Crippen molar-refractivity contribution in [1.29, 1.82) is 0 Å². The van der Waals surface area contributed by atoms with E-state index in [0.29, 0.717) is 18.6 Å². The van der Waals surface area contributed by atoms with E-state index in [1.54, 1.807) is 0 Å². The smallest absolute Gasteiger partial charge is 0.312 e. The molecule has 0 aromatic rings. The Kier molecular flexibility index (Phi) is 11.1. The number of rotatable bonds is 14. The number of amides is 2. The van der Waals surface area contributed by atoms with Gasteiger partial charge in [0.1, 0.15) is 11.1 Å². The molecule has 10 heteroatoms. The fourth-order valence-corrected chi connectivity index (χ4v) is 13.6. The number of nitrogens with one attached hydrogen (secondary N) is 1. The molecule has 0 aliphatic carbocycles. The zero-order valence-electron chi connectivity index (χ0n) is 27.9. The molecule has 2 amide bonds. The summed E-state index contributed by atoms with van der Waals surface area (Å²) in [6.45, 7) is 26.2. The minimum absolute atomic E-state index is 0.179. The topological polar surface area (TPSA) is 94.2 Å². The van der Waals surface area contributed by atoms with Crippen molar-refractivity contribution in [2.75, 3.05) is 6.54 Å². The summed E-state index contributed by atoms with van der Waals surface area (Å²) >= 11 is 0. The van der Waals surface area contributed by atoms with Gasteiger partial charge in [-0.1, -0.05) is 57.9 Å². The van der Waals surface area contributed by atoms with Gasteiger partial charge in [-0.25, -0.2) is 5.06 Å². The second kappa shape index (κ2) is 12.9. The van der Waals surface area contributed by atoms with Crippen molar-refractivity contribution >= 4 is 34.4 Å². The molecule has 2 saturated heterocycles. The molecule has 0 bridgehead atoms. The van der Waals surface area contributed by atoms with Crippen LogP contribution in [0.15, 0.2) is 23.3 Å². The largest absolute Gasteiger partial charge is 0.460 e. The Labute approximate surface area is 250 Å².